The molecule has 2 heterocycles. The summed E-state index contributed by atoms with van der Waals surface area (Å²) in [6.45, 7) is 2.58. The number of nitrogens with one attached hydrogen (secondary N) is 1. The minimum Gasteiger partial charge on any atom is -0.493 e. The van der Waals surface area contributed by atoms with Crippen LogP contribution in [0.1, 0.15) is 48.0 Å². The van der Waals surface area contributed by atoms with Gasteiger partial charge in [-0.3, -0.25) is 4.79 Å². The summed E-state index contributed by atoms with van der Waals surface area (Å²) < 4.78 is 5.64. The van der Waals surface area contributed by atoms with E-state index in [0.29, 0.717) is 12.4 Å². The summed E-state index contributed by atoms with van der Waals surface area (Å²) in [5.74, 6) is 1.42. The van der Waals surface area contributed by atoms with Crippen molar-refractivity contribution in [2.45, 2.75) is 39.0 Å². The van der Waals surface area contributed by atoms with Crippen molar-refractivity contribution in [3.8, 4) is 5.75 Å². The second-order valence-corrected chi connectivity index (χ2v) is 7.58. The Morgan fingerprint density at radius 1 is 1.19 bits per heavy atom. The van der Waals surface area contributed by atoms with Crippen LogP contribution >= 0.6 is 11.3 Å². The minimum absolute atomic E-state index is 0.0212. The number of H-pyrrole nitrogens is 1. The quantitative estimate of drug-likeness (QED) is 0.673. The number of aryl methyl sites for hydroxylation is 2. The average Bonchev–Trinajstić information content (AvgIpc) is 2.83. The number of ether oxygens (including phenoxy) is 1. The lowest BCUT2D eigenvalue weighted by Gasteiger charge is -2.06. The monoisotopic (exact) mass is 366 g/mol. The van der Waals surface area contributed by atoms with Crippen molar-refractivity contribution >= 4 is 33.7 Å². The molecule has 0 atom stereocenters. The molecule has 5 heteroatoms. The van der Waals surface area contributed by atoms with Gasteiger partial charge in [0.05, 0.1) is 12.0 Å². The fourth-order valence-corrected chi connectivity index (χ4v) is 4.78. The zero-order chi connectivity index (χ0) is 17.9. The molecule has 1 aliphatic carbocycles. The third-order valence-electron chi connectivity index (χ3n) is 4.73. The summed E-state index contributed by atoms with van der Waals surface area (Å²) in [6, 6.07) is 7.86. The Bertz CT molecular complexity index is 1020. The van der Waals surface area contributed by atoms with Crippen molar-refractivity contribution in [1.29, 1.82) is 0 Å². The van der Waals surface area contributed by atoms with Crippen molar-refractivity contribution in [3.63, 3.8) is 0 Å². The van der Waals surface area contributed by atoms with E-state index >= 15 is 0 Å². The molecule has 0 spiro atoms. The predicted molar refractivity (Wildman–Crippen MR) is 108 cm³/mol. The first-order valence-electron chi connectivity index (χ1n) is 9.20. The van der Waals surface area contributed by atoms with E-state index in [1.165, 1.54) is 23.3 Å². The van der Waals surface area contributed by atoms with E-state index in [2.05, 4.69) is 4.98 Å². The molecule has 0 amide bonds. The highest BCUT2D eigenvalue weighted by molar-refractivity contribution is 7.18. The molecular formula is C21H22N2O2S. The first-order chi connectivity index (χ1) is 12.8. The van der Waals surface area contributed by atoms with Crippen LogP contribution in [0.3, 0.4) is 0 Å². The van der Waals surface area contributed by atoms with Crippen LogP contribution in [0.5, 0.6) is 5.75 Å². The Hall–Kier alpha value is -2.40. The molecular weight excluding hydrogens is 344 g/mol. The van der Waals surface area contributed by atoms with Crippen LogP contribution in [0.2, 0.25) is 0 Å². The summed E-state index contributed by atoms with van der Waals surface area (Å²) >= 11 is 1.68. The first-order valence-corrected chi connectivity index (χ1v) is 10.0. The highest BCUT2D eigenvalue weighted by Gasteiger charge is 2.18. The number of aromatic nitrogens is 2. The summed E-state index contributed by atoms with van der Waals surface area (Å²) in [4.78, 5) is 22.5. The Labute approximate surface area is 156 Å². The molecule has 0 aliphatic heterocycles. The van der Waals surface area contributed by atoms with E-state index in [4.69, 9.17) is 9.72 Å². The Morgan fingerprint density at radius 3 is 2.92 bits per heavy atom. The Morgan fingerprint density at radius 2 is 2.04 bits per heavy atom. The first kappa shape index (κ1) is 17.0. The van der Waals surface area contributed by atoms with Gasteiger partial charge in [-0.05, 0) is 56.4 Å². The fourth-order valence-electron chi connectivity index (χ4n) is 3.51. The standard InChI is InChI=1S/C21H22N2O2S/c1-2-25-16-10-7-6-8-14(16)12-13-18-22-20(24)19-15-9-4-3-5-11-17(15)26-21(19)23-18/h6-8,10,12-13H,2-5,9,11H2,1H3,(H,22,23,24)/b13-12+. The maximum absolute atomic E-state index is 12.7. The molecule has 0 fully saturated rings. The van der Waals surface area contributed by atoms with E-state index in [1.807, 2.05) is 43.3 Å². The van der Waals surface area contributed by atoms with Gasteiger partial charge in [0, 0.05) is 10.4 Å². The van der Waals surface area contributed by atoms with Crippen molar-refractivity contribution in [1.82, 2.24) is 9.97 Å². The van der Waals surface area contributed by atoms with Crippen LogP contribution in [0.15, 0.2) is 29.1 Å². The van der Waals surface area contributed by atoms with Gasteiger partial charge < -0.3 is 9.72 Å². The lowest BCUT2D eigenvalue weighted by molar-refractivity contribution is 0.339. The van der Waals surface area contributed by atoms with E-state index < -0.39 is 0 Å². The van der Waals surface area contributed by atoms with Crippen molar-refractivity contribution in [2.75, 3.05) is 6.61 Å². The van der Waals surface area contributed by atoms with Gasteiger partial charge in [-0.1, -0.05) is 24.6 Å². The van der Waals surface area contributed by atoms with Crippen molar-refractivity contribution < 1.29 is 4.74 Å². The molecule has 134 valence electrons. The normalized spacial score (nSPS) is 14.5. The molecule has 1 aliphatic rings. The highest BCUT2D eigenvalue weighted by Crippen LogP contribution is 2.33. The molecule has 1 N–H and O–H groups in total. The van der Waals surface area contributed by atoms with Gasteiger partial charge in [0.25, 0.3) is 5.56 Å². The molecule has 0 saturated carbocycles. The van der Waals surface area contributed by atoms with E-state index in [1.54, 1.807) is 11.3 Å². The van der Waals surface area contributed by atoms with Gasteiger partial charge in [0.1, 0.15) is 16.4 Å². The third kappa shape index (κ3) is 3.31. The molecule has 1 aromatic carbocycles. The van der Waals surface area contributed by atoms with Gasteiger partial charge in [-0.2, -0.15) is 0 Å². The molecule has 2 aromatic heterocycles. The average molecular weight is 366 g/mol. The van der Waals surface area contributed by atoms with Crippen LogP contribution in [-0.4, -0.2) is 16.6 Å². The fraction of sp³-hybridized carbons (Fsp3) is 0.333. The number of nitrogens with zero attached hydrogens (tertiary/aromatic N) is 1. The van der Waals surface area contributed by atoms with Crippen LogP contribution in [0, 0.1) is 0 Å². The predicted octanol–water partition coefficient (Wildman–Crippen LogP) is 4.82. The number of rotatable bonds is 4. The smallest absolute Gasteiger partial charge is 0.260 e. The lowest BCUT2D eigenvalue weighted by Crippen LogP contribution is -2.10. The van der Waals surface area contributed by atoms with E-state index in [0.717, 1.165) is 40.8 Å². The molecule has 0 unspecified atom stereocenters. The molecule has 0 radical (unpaired) electrons. The zero-order valence-electron chi connectivity index (χ0n) is 14.9. The lowest BCUT2D eigenvalue weighted by atomic mass is 10.1. The van der Waals surface area contributed by atoms with Crippen LogP contribution < -0.4 is 10.3 Å². The molecule has 0 saturated heterocycles. The third-order valence-corrected chi connectivity index (χ3v) is 5.92. The summed E-state index contributed by atoms with van der Waals surface area (Å²) in [5.41, 5.74) is 2.18. The SMILES string of the molecule is CCOc1ccccc1/C=C/c1nc2sc3c(c2c(=O)[nH]1)CCCCC3. The summed E-state index contributed by atoms with van der Waals surface area (Å²) in [6.07, 6.45) is 9.47. The summed E-state index contributed by atoms with van der Waals surface area (Å²) in [5, 5.41) is 0.804. The van der Waals surface area contributed by atoms with Gasteiger partial charge in [0.15, 0.2) is 0 Å². The number of hydrogen-bond donors (Lipinski definition) is 1. The number of benzene rings is 1. The number of para-hydroxylation sites is 1. The van der Waals surface area contributed by atoms with Crippen molar-refractivity contribution in [2.24, 2.45) is 0 Å². The minimum atomic E-state index is -0.0212. The molecule has 4 nitrogen and oxygen atoms in total. The van der Waals surface area contributed by atoms with Gasteiger partial charge in [0.2, 0.25) is 0 Å². The van der Waals surface area contributed by atoms with Gasteiger partial charge in [-0.15, -0.1) is 11.3 Å². The zero-order valence-corrected chi connectivity index (χ0v) is 15.7. The highest BCUT2D eigenvalue weighted by atomic mass is 32.1. The van der Waals surface area contributed by atoms with E-state index in [-0.39, 0.29) is 5.56 Å². The van der Waals surface area contributed by atoms with Crippen LogP contribution in [0.25, 0.3) is 22.4 Å². The second kappa shape index (κ2) is 7.46. The second-order valence-electron chi connectivity index (χ2n) is 6.50. The largest absolute Gasteiger partial charge is 0.493 e. The van der Waals surface area contributed by atoms with E-state index in [9.17, 15) is 4.79 Å². The molecule has 4 rings (SSSR count). The summed E-state index contributed by atoms with van der Waals surface area (Å²) in [7, 11) is 0. The maximum Gasteiger partial charge on any atom is 0.260 e. The van der Waals surface area contributed by atoms with Crippen molar-refractivity contribution in [3.05, 3.63) is 56.4 Å². The van der Waals surface area contributed by atoms with Gasteiger partial charge >= 0.3 is 0 Å². The number of fused-ring (bicyclic) bond motifs is 3. The maximum atomic E-state index is 12.7. The Balaban J connectivity index is 1.71. The Kier molecular flexibility index (Phi) is 4.89. The van der Waals surface area contributed by atoms with Crippen LogP contribution in [0.4, 0.5) is 0 Å². The topological polar surface area (TPSA) is 55.0 Å². The van der Waals surface area contributed by atoms with Gasteiger partial charge in [-0.25, -0.2) is 4.98 Å². The molecule has 3 aromatic rings. The molecule has 26 heavy (non-hydrogen) atoms. The number of thiophene rings is 1. The van der Waals surface area contributed by atoms with Crippen LogP contribution in [-0.2, 0) is 12.8 Å². The molecule has 0 bridgehead atoms. The number of aromatic amines is 1. The number of hydrogen-bond acceptors (Lipinski definition) is 4.